The topological polar surface area (TPSA) is 61.0 Å². The fraction of sp³-hybridized carbons (Fsp3) is 0.714. The standard InChI is InChI=1S/C14H24N4O/c1-3-18(4-2)8-7-13-16-12(9-14(19)17-13)10-15-11-5-6-11/h9,11,15H,3-8,10H2,1-2H3,(H,16,17,19). The second-order valence-electron chi connectivity index (χ2n) is 5.12. The van der Waals surface area contributed by atoms with Crippen LogP contribution < -0.4 is 10.9 Å². The van der Waals surface area contributed by atoms with E-state index in [1.54, 1.807) is 6.07 Å². The van der Waals surface area contributed by atoms with Gasteiger partial charge in [0.05, 0.1) is 5.69 Å². The zero-order valence-corrected chi connectivity index (χ0v) is 11.9. The minimum Gasteiger partial charge on any atom is -0.310 e. The predicted molar refractivity (Wildman–Crippen MR) is 76.2 cm³/mol. The molecule has 0 spiro atoms. The van der Waals surface area contributed by atoms with E-state index in [1.165, 1.54) is 12.8 Å². The summed E-state index contributed by atoms with van der Waals surface area (Å²) in [6.45, 7) is 8.00. The maximum Gasteiger partial charge on any atom is 0.251 e. The lowest BCUT2D eigenvalue weighted by molar-refractivity contribution is 0.305. The summed E-state index contributed by atoms with van der Waals surface area (Å²) in [6, 6.07) is 2.23. The molecule has 19 heavy (non-hydrogen) atoms. The highest BCUT2D eigenvalue weighted by molar-refractivity contribution is 5.04. The summed E-state index contributed by atoms with van der Waals surface area (Å²) in [5, 5.41) is 3.39. The lowest BCUT2D eigenvalue weighted by atomic mass is 10.3. The summed E-state index contributed by atoms with van der Waals surface area (Å²) in [4.78, 5) is 21.3. The van der Waals surface area contributed by atoms with Crippen LogP contribution in [-0.2, 0) is 13.0 Å². The van der Waals surface area contributed by atoms with Gasteiger partial charge in [-0.2, -0.15) is 0 Å². The van der Waals surface area contributed by atoms with Gasteiger partial charge in [-0.3, -0.25) is 4.79 Å². The van der Waals surface area contributed by atoms with Crippen molar-refractivity contribution >= 4 is 0 Å². The molecule has 0 unspecified atom stereocenters. The van der Waals surface area contributed by atoms with Crippen LogP contribution in [0.2, 0.25) is 0 Å². The molecule has 2 rings (SSSR count). The number of likely N-dealkylation sites (N-methyl/N-ethyl adjacent to an activating group) is 1. The van der Waals surface area contributed by atoms with Crippen LogP contribution in [0.3, 0.4) is 0 Å². The minimum absolute atomic E-state index is 0.0443. The molecule has 1 saturated carbocycles. The Morgan fingerprint density at radius 1 is 1.42 bits per heavy atom. The molecular weight excluding hydrogens is 240 g/mol. The van der Waals surface area contributed by atoms with Crippen LogP contribution in [0.15, 0.2) is 10.9 Å². The molecule has 1 aromatic heterocycles. The molecule has 0 aliphatic heterocycles. The van der Waals surface area contributed by atoms with Crippen molar-refractivity contribution in [3.63, 3.8) is 0 Å². The molecule has 5 heteroatoms. The zero-order valence-electron chi connectivity index (χ0n) is 11.9. The monoisotopic (exact) mass is 264 g/mol. The SMILES string of the molecule is CCN(CC)CCc1nc(CNC2CC2)cc(=O)[nH]1. The van der Waals surface area contributed by atoms with Gasteiger partial charge in [0.1, 0.15) is 5.82 Å². The normalized spacial score (nSPS) is 15.1. The molecule has 0 bridgehead atoms. The maximum atomic E-state index is 11.6. The predicted octanol–water partition coefficient (Wildman–Crippen LogP) is 0.906. The Hall–Kier alpha value is -1.20. The third-order valence-corrected chi connectivity index (χ3v) is 3.55. The first-order valence-electron chi connectivity index (χ1n) is 7.26. The Kier molecular flexibility index (Phi) is 5.10. The van der Waals surface area contributed by atoms with Crippen molar-refractivity contribution in [2.75, 3.05) is 19.6 Å². The highest BCUT2D eigenvalue weighted by atomic mass is 16.1. The van der Waals surface area contributed by atoms with Crippen molar-refractivity contribution in [2.45, 2.75) is 45.7 Å². The Morgan fingerprint density at radius 3 is 2.79 bits per heavy atom. The van der Waals surface area contributed by atoms with E-state index >= 15 is 0 Å². The lowest BCUT2D eigenvalue weighted by Gasteiger charge is -2.17. The van der Waals surface area contributed by atoms with Gasteiger partial charge in [0.15, 0.2) is 0 Å². The van der Waals surface area contributed by atoms with Crippen LogP contribution in [-0.4, -0.2) is 40.5 Å². The summed E-state index contributed by atoms with van der Waals surface area (Å²) in [7, 11) is 0. The van der Waals surface area contributed by atoms with Crippen molar-refractivity contribution in [1.29, 1.82) is 0 Å². The summed E-state index contributed by atoms with van der Waals surface area (Å²) < 4.78 is 0. The van der Waals surface area contributed by atoms with E-state index in [-0.39, 0.29) is 5.56 Å². The van der Waals surface area contributed by atoms with Gasteiger partial charge in [-0.1, -0.05) is 13.8 Å². The molecule has 1 heterocycles. The van der Waals surface area contributed by atoms with Crippen molar-refractivity contribution in [1.82, 2.24) is 20.2 Å². The molecule has 5 nitrogen and oxygen atoms in total. The summed E-state index contributed by atoms with van der Waals surface area (Å²) in [6.07, 6.45) is 3.30. The number of H-pyrrole nitrogens is 1. The van der Waals surface area contributed by atoms with Crippen LogP contribution in [0, 0.1) is 0 Å². The summed E-state index contributed by atoms with van der Waals surface area (Å²) in [5.41, 5.74) is 0.808. The first-order chi connectivity index (χ1) is 9.21. The van der Waals surface area contributed by atoms with Gasteiger partial charge in [0.2, 0.25) is 0 Å². The Labute approximate surface area is 114 Å². The van der Waals surface area contributed by atoms with E-state index in [0.29, 0.717) is 12.6 Å². The Bertz CT molecular complexity index is 449. The quantitative estimate of drug-likeness (QED) is 0.732. The van der Waals surface area contributed by atoms with Crippen molar-refractivity contribution in [3.8, 4) is 0 Å². The molecule has 1 aliphatic carbocycles. The number of aromatic amines is 1. The van der Waals surface area contributed by atoms with Gasteiger partial charge in [-0.15, -0.1) is 0 Å². The molecule has 106 valence electrons. The van der Waals surface area contributed by atoms with E-state index in [0.717, 1.165) is 37.6 Å². The number of nitrogens with one attached hydrogen (secondary N) is 2. The first kappa shape index (κ1) is 14.2. The van der Waals surface area contributed by atoms with Crippen LogP contribution in [0.25, 0.3) is 0 Å². The number of hydrogen-bond donors (Lipinski definition) is 2. The average Bonchev–Trinajstić information content (AvgIpc) is 3.21. The number of nitrogens with zero attached hydrogens (tertiary/aromatic N) is 2. The van der Waals surface area contributed by atoms with Crippen LogP contribution in [0.5, 0.6) is 0 Å². The molecule has 0 amide bonds. The molecule has 2 N–H and O–H groups in total. The highest BCUT2D eigenvalue weighted by Gasteiger charge is 2.20. The third kappa shape index (κ3) is 4.76. The zero-order chi connectivity index (χ0) is 13.7. The van der Waals surface area contributed by atoms with E-state index in [1.807, 2.05) is 0 Å². The van der Waals surface area contributed by atoms with Crippen LogP contribution >= 0.6 is 0 Å². The first-order valence-corrected chi connectivity index (χ1v) is 7.26. The van der Waals surface area contributed by atoms with Crippen LogP contribution in [0.4, 0.5) is 0 Å². The molecule has 1 fully saturated rings. The Balaban J connectivity index is 1.93. The maximum absolute atomic E-state index is 11.6. The highest BCUT2D eigenvalue weighted by Crippen LogP contribution is 2.18. The van der Waals surface area contributed by atoms with E-state index in [4.69, 9.17) is 0 Å². The average molecular weight is 264 g/mol. The second-order valence-corrected chi connectivity index (χ2v) is 5.12. The number of rotatable bonds is 8. The fourth-order valence-electron chi connectivity index (χ4n) is 2.11. The molecule has 0 aromatic carbocycles. The molecule has 0 radical (unpaired) electrons. The molecular formula is C14H24N4O. The summed E-state index contributed by atoms with van der Waals surface area (Å²) in [5.74, 6) is 0.798. The molecule has 0 saturated heterocycles. The second kappa shape index (κ2) is 6.82. The van der Waals surface area contributed by atoms with Gasteiger partial charge in [0.25, 0.3) is 5.56 Å². The molecule has 1 aliphatic rings. The van der Waals surface area contributed by atoms with Crippen molar-refractivity contribution in [2.24, 2.45) is 0 Å². The van der Waals surface area contributed by atoms with E-state index in [2.05, 4.69) is 34.0 Å². The van der Waals surface area contributed by atoms with Gasteiger partial charge < -0.3 is 15.2 Å². The van der Waals surface area contributed by atoms with Gasteiger partial charge in [-0.05, 0) is 25.9 Å². The van der Waals surface area contributed by atoms with Crippen LogP contribution in [0.1, 0.15) is 38.2 Å². The number of hydrogen-bond acceptors (Lipinski definition) is 4. The van der Waals surface area contributed by atoms with Crippen molar-refractivity contribution < 1.29 is 0 Å². The minimum atomic E-state index is -0.0443. The van der Waals surface area contributed by atoms with E-state index in [9.17, 15) is 4.79 Å². The molecule has 0 atom stereocenters. The van der Waals surface area contributed by atoms with Crippen molar-refractivity contribution in [3.05, 3.63) is 27.9 Å². The lowest BCUT2D eigenvalue weighted by Crippen LogP contribution is -2.27. The summed E-state index contributed by atoms with van der Waals surface area (Å²) >= 11 is 0. The number of aromatic nitrogens is 2. The van der Waals surface area contributed by atoms with Gasteiger partial charge in [-0.25, -0.2) is 4.98 Å². The smallest absolute Gasteiger partial charge is 0.251 e. The Morgan fingerprint density at radius 2 is 2.16 bits per heavy atom. The largest absolute Gasteiger partial charge is 0.310 e. The molecule has 1 aromatic rings. The van der Waals surface area contributed by atoms with E-state index < -0.39 is 0 Å². The fourth-order valence-corrected chi connectivity index (χ4v) is 2.11. The van der Waals surface area contributed by atoms with Gasteiger partial charge in [0, 0.05) is 31.6 Å². The third-order valence-electron chi connectivity index (χ3n) is 3.55. The van der Waals surface area contributed by atoms with Gasteiger partial charge >= 0.3 is 0 Å².